The van der Waals surface area contributed by atoms with Crippen LogP contribution in [0.2, 0.25) is 0 Å². The summed E-state index contributed by atoms with van der Waals surface area (Å²) in [4.78, 5) is 6.39. The topological polar surface area (TPSA) is 62.4 Å². The first-order chi connectivity index (χ1) is 8.61. The molecular weight excluding hydrogens is 226 g/mol. The zero-order valence-corrected chi connectivity index (χ0v) is 11.1. The molecule has 0 bridgehead atoms. The third-order valence-electron chi connectivity index (χ3n) is 3.84. The van der Waals surface area contributed by atoms with Crippen molar-refractivity contribution in [2.75, 3.05) is 25.4 Å². The lowest BCUT2D eigenvalue weighted by atomic mass is 9.88. The zero-order valence-electron chi connectivity index (χ0n) is 11.1. The van der Waals surface area contributed by atoms with Crippen molar-refractivity contribution in [3.8, 4) is 0 Å². The third kappa shape index (κ3) is 3.43. The molecule has 0 amide bonds. The van der Waals surface area contributed by atoms with Gasteiger partial charge in [-0.1, -0.05) is 6.92 Å². The van der Waals surface area contributed by atoms with E-state index in [0.717, 1.165) is 44.5 Å². The summed E-state index contributed by atoms with van der Waals surface area (Å²) in [6.45, 7) is 5.32. The van der Waals surface area contributed by atoms with Crippen LogP contribution in [-0.4, -0.2) is 40.2 Å². The number of likely N-dealkylation sites (tertiary alicyclic amines) is 1. The maximum absolute atomic E-state index is 10.7. The molecule has 2 rings (SSSR count). The number of aromatic nitrogens is 1. The average Bonchev–Trinajstić information content (AvgIpc) is 2.51. The molecule has 0 radical (unpaired) electrons. The highest BCUT2D eigenvalue weighted by Gasteiger charge is 2.29. The normalized spacial score (nSPS) is 25.9. The van der Waals surface area contributed by atoms with E-state index in [1.807, 2.05) is 12.1 Å². The fraction of sp³-hybridized carbons (Fsp3) is 0.643. The van der Waals surface area contributed by atoms with Gasteiger partial charge in [0.05, 0.1) is 5.60 Å². The molecule has 3 N–H and O–H groups in total. The van der Waals surface area contributed by atoms with Crippen molar-refractivity contribution in [2.24, 2.45) is 0 Å². The van der Waals surface area contributed by atoms with Gasteiger partial charge in [0.2, 0.25) is 0 Å². The minimum atomic E-state index is -0.586. The van der Waals surface area contributed by atoms with Crippen molar-refractivity contribution in [3.05, 3.63) is 23.9 Å². The van der Waals surface area contributed by atoms with Crippen molar-refractivity contribution in [1.29, 1.82) is 0 Å². The molecule has 1 fully saturated rings. The maximum atomic E-state index is 10.7. The van der Waals surface area contributed by atoms with Crippen LogP contribution in [0.4, 0.5) is 5.82 Å². The average molecular weight is 249 g/mol. The molecule has 0 saturated carbocycles. The van der Waals surface area contributed by atoms with Gasteiger partial charge in [-0.25, -0.2) is 4.98 Å². The van der Waals surface area contributed by atoms with Gasteiger partial charge in [0, 0.05) is 19.2 Å². The van der Waals surface area contributed by atoms with Gasteiger partial charge in [0.15, 0.2) is 0 Å². The van der Waals surface area contributed by atoms with E-state index in [9.17, 15) is 5.11 Å². The van der Waals surface area contributed by atoms with Gasteiger partial charge < -0.3 is 15.7 Å². The number of hydrogen-bond acceptors (Lipinski definition) is 4. The predicted octanol–water partition coefficient (Wildman–Crippen LogP) is 1.44. The van der Waals surface area contributed by atoms with Gasteiger partial charge in [0.1, 0.15) is 5.82 Å². The van der Waals surface area contributed by atoms with E-state index in [1.54, 1.807) is 6.20 Å². The van der Waals surface area contributed by atoms with Crippen molar-refractivity contribution in [3.63, 3.8) is 0 Å². The number of anilines is 1. The van der Waals surface area contributed by atoms with Crippen LogP contribution in [0.5, 0.6) is 0 Å². The minimum Gasteiger partial charge on any atom is -0.389 e. The molecular formula is C14H23N3O. The Morgan fingerprint density at radius 1 is 1.44 bits per heavy atom. The Morgan fingerprint density at radius 2 is 2.28 bits per heavy atom. The first-order valence-electron chi connectivity index (χ1n) is 6.76. The monoisotopic (exact) mass is 249 g/mol. The largest absolute Gasteiger partial charge is 0.389 e. The lowest BCUT2D eigenvalue weighted by Gasteiger charge is -2.27. The standard InChI is InChI=1S/C14H23N3O/c1-2-17-8-3-5-14(18,6-9-17)11-12-4-7-16-13(15)10-12/h4,7,10,18H,2-3,5-6,8-9,11H2,1H3,(H2,15,16). The Hall–Kier alpha value is -1.13. The molecule has 100 valence electrons. The van der Waals surface area contributed by atoms with Crippen LogP contribution >= 0.6 is 0 Å². The van der Waals surface area contributed by atoms with E-state index >= 15 is 0 Å². The van der Waals surface area contributed by atoms with Crippen molar-refractivity contribution in [1.82, 2.24) is 9.88 Å². The smallest absolute Gasteiger partial charge is 0.123 e. The summed E-state index contributed by atoms with van der Waals surface area (Å²) in [6, 6.07) is 3.80. The highest BCUT2D eigenvalue weighted by Crippen LogP contribution is 2.26. The summed E-state index contributed by atoms with van der Waals surface area (Å²) in [7, 11) is 0. The lowest BCUT2D eigenvalue weighted by molar-refractivity contribution is 0.0258. The van der Waals surface area contributed by atoms with E-state index in [4.69, 9.17) is 5.73 Å². The first kappa shape index (κ1) is 13.3. The van der Waals surface area contributed by atoms with Gasteiger partial charge in [0.25, 0.3) is 0 Å². The van der Waals surface area contributed by atoms with Crippen LogP contribution in [0, 0.1) is 0 Å². The molecule has 0 spiro atoms. The van der Waals surface area contributed by atoms with Crippen molar-refractivity contribution in [2.45, 2.75) is 38.2 Å². The third-order valence-corrected chi connectivity index (χ3v) is 3.84. The van der Waals surface area contributed by atoms with Crippen LogP contribution < -0.4 is 5.73 Å². The summed E-state index contributed by atoms with van der Waals surface area (Å²) in [5.41, 5.74) is 6.17. The number of nitrogens with zero attached hydrogens (tertiary/aromatic N) is 2. The molecule has 0 aliphatic carbocycles. The van der Waals surface area contributed by atoms with Crippen LogP contribution in [0.3, 0.4) is 0 Å². The quantitative estimate of drug-likeness (QED) is 0.851. The fourth-order valence-electron chi connectivity index (χ4n) is 2.71. The second-order valence-electron chi connectivity index (χ2n) is 5.28. The Bertz CT molecular complexity index is 396. The molecule has 1 aliphatic rings. The van der Waals surface area contributed by atoms with E-state index in [0.29, 0.717) is 12.2 Å². The van der Waals surface area contributed by atoms with E-state index < -0.39 is 5.60 Å². The number of nitrogen functional groups attached to an aromatic ring is 1. The second-order valence-corrected chi connectivity index (χ2v) is 5.28. The Labute approximate surface area is 109 Å². The van der Waals surface area contributed by atoms with E-state index in [2.05, 4.69) is 16.8 Å². The van der Waals surface area contributed by atoms with Crippen LogP contribution in [0.25, 0.3) is 0 Å². The van der Waals surface area contributed by atoms with Crippen molar-refractivity contribution < 1.29 is 5.11 Å². The molecule has 1 aromatic heterocycles. The number of aliphatic hydroxyl groups is 1. The van der Waals surface area contributed by atoms with Crippen LogP contribution in [0.1, 0.15) is 31.7 Å². The van der Waals surface area contributed by atoms with Crippen LogP contribution in [0.15, 0.2) is 18.3 Å². The highest BCUT2D eigenvalue weighted by atomic mass is 16.3. The summed E-state index contributed by atoms with van der Waals surface area (Å²) in [5.74, 6) is 0.528. The number of nitrogens with two attached hydrogens (primary N) is 1. The maximum Gasteiger partial charge on any atom is 0.123 e. The molecule has 1 aromatic rings. The van der Waals surface area contributed by atoms with Gasteiger partial charge >= 0.3 is 0 Å². The van der Waals surface area contributed by atoms with E-state index in [1.165, 1.54) is 0 Å². The molecule has 18 heavy (non-hydrogen) atoms. The molecule has 1 aliphatic heterocycles. The Morgan fingerprint density at radius 3 is 3.00 bits per heavy atom. The first-order valence-corrected chi connectivity index (χ1v) is 6.76. The fourth-order valence-corrected chi connectivity index (χ4v) is 2.71. The van der Waals surface area contributed by atoms with Gasteiger partial charge in [-0.3, -0.25) is 0 Å². The Kier molecular flexibility index (Phi) is 4.19. The minimum absolute atomic E-state index is 0.528. The highest BCUT2D eigenvalue weighted by molar-refractivity contribution is 5.32. The second kappa shape index (κ2) is 5.67. The molecule has 1 saturated heterocycles. The Balaban J connectivity index is 2.02. The molecule has 1 atom stereocenters. The summed E-state index contributed by atoms with van der Waals surface area (Å²) < 4.78 is 0. The summed E-state index contributed by atoms with van der Waals surface area (Å²) >= 11 is 0. The van der Waals surface area contributed by atoms with Gasteiger partial charge in [-0.15, -0.1) is 0 Å². The van der Waals surface area contributed by atoms with Gasteiger partial charge in [-0.05, 0) is 50.0 Å². The zero-order chi connectivity index (χ0) is 13.0. The van der Waals surface area contributed by atoms with Crippen molar-refractivity contribution >= 4 is 5.82 Å². The molecule has 0 aromatic carbocycles. The van der Waals surface area contributed by atoms with E-state index in [-0.39, 0.29) is 0 Å². The summed E-state index contributed by atoms with van der Waals surface area (Å²) in [6.07, 6.45) is 5.15. The van der Waals surface area contributed by atoms with Crippen LogP contribution in [-0.2, 0) is 6.42 Å². The summed E-state index contributed by atoms with van der Waals surface area (Å²) in [5, 5.41) is 10.7. The predicted molar refractivity (Wildman–Crippen MR) is 73.3 cm³/mol. The molecule has 1 unspecified atom stereocenters. The number of hydrogen-bond donors (Lipinski definition) is 2. The number of pyridine rings is 1. The molecule has 4 heteroatoms. The number of rotatable bonds is 3. The van der Waals surface area contributed by atoms with Gasteiger partial charge in [-0.2, -0.15) is 0 Å². The SMILES string of the molecule is CCN1CCCC(O)(Cc2ccnc(N)c2)CC1. The lowest BCUT2D eigenvalue weighted by Crippen LogP contribution is -2.33. The molecule has 4 nitrogen and oxygen atoms in total. The molecule has 2 heterocycles.